The van der Waals surface area contributed by atoms with Crippen LogP contribution >= 0.6 is 0 Å². The van der Waals surface area contributed by atoms with Gasteiger partial charge in [0.05, 0.1) is 13.2 Å². The SMILES string of the molecule is CCCCc1nn(CC(=O)N2CCC(COC)C2)c(=O)n1Cc1ccccc1. The standard InChI is InChI=1S/C21H30N4O3/c1-3-4-10-19-22-25(15-20(26)23-12-11-18(13-23)16-28-2)21(27)24(19)14-17-8-6-5-7-9-17/h5-9,18H,3-4,10-16H2,1-2H3. The first-order chi connectivity index (χ1) is 13.6. The molecule has 1 unspecified atom stereocenters. The van der Waals surface area contributed by atoms with Crippen molar-refractivity contribution in [2.24, 2.45) is 5.92 Å². The van der Waals surface area contributed by atoms with Gasteiger partial charge >= 0.3 is 5.69 Å². The highest BCUT2D eigenvalue weighted by molar-refractivity contribution is 5.76. The number of unbranched alkanes of at least 4 members (excludes halogenated alkanes) is 1. The van der Waals surface area contributed by atoms with Crippen LogP contribution in [0.25, 0.3) is 0 Å². The Morgan fingerprint density at radius 2 is 2.07 bits per heavy atom. The van der Waals surface area contributed by atoms with Crippen LogP contribution in [0, 0.1) is 5.92 Å². The highest BCUT2D eigenvalue weighted by Gasteiger charge is 2.27. The Bertz CT molecular complexity index is 828. The van der Waals surface area contributed by atoms with Gasteiger partial charge in [-0.3, -0.25) is 9.36 Å². The van der Waals surface area contributed by atoms with Gasteiger partial charge in [0.15, 0.2) is 0 Å². The summed E-state index contributed by atoms with van der Waals surface area (Å²) in [6.07, 6.45) is 3.67. The van der Waals surface area contributed by atoms with Crippen LogP contribution in [0.15, 0.2) is 35.1 Å². The average Bonchev–Trinajstić information content (AvgIpc) is 3.28. The fourth-order valence-corrected chi connectivity index (χ4v) is 3.69. The van der Waals surface area contributed by atoms with Gasteiger partial charge in [-0.15, -0.1) is 0 Å². The van der Waals surface area contributed by atoms with Crippen LogP contribution in [-0.2, 0) is 29.0 Å². The first-order valence-electron chi connectivity index (χ1n) is 10.1. The lowest BCUT2D eigenvalue weighted by Gasteiger charge is -2.16. The molecule has 152 valence electrons. The Labute approximate surface area is 165 Å². The number of rotatable bonds is 9. The summed E-state index contributed by atoms with van der Waals surface area (Å²) in [6.45, 7) is 4.66. The summed E-state index contributed by atoms with van der Waals surface area (Å²) >= 11 is 0. The maximum absolute atomic E-state index is 12.9. The molecule has 7 nitrogen and oxygen atoms in total. The number of amides is 1. The summed E-state index contributed by atoms with van der Waals surface area (Å²) in [5.41, 5.74) is 0.839. The maximum atomic E-state index is 12.9. The van der Waals surface area contributed by atoms with E-state index in [1.54, 1.807) is 11.7 Å². The van der Waals surface area contributed by atoms with Crippen LogP contribution < -0.4 is 5.69 Å². The molecule has 0 spiro atoms. The Morgan fingerprint density at radius 3 is 2.79 bits per heavy atom. The number of carbonyl (C=O) groups is 1. The second-order valence-corrected chi connectivity index (χ2v) is 7.48. The second kappa shape index (κ2) is 9.68. The maximum Gasteiger partial charge on any atom is 0.346 e. The van der Waals surface area contributed by atoms with Gasteiger partial charge in [-0.2, -0.15) is 5.10 Å². The number of hydrogen-bond acceptors (Lipinski definition) is 4. The van der Waals surface area contributed by atoms with Crippen molar-refractivity contribution in [2.75, 3.05) is 26.8 Å². The van der Waals surface area contributed by atoms with Crippen molar-refractivity contribution < 1.29 is 9.53 Å². The van der Waals surface area contributed by atoms with Crippen molar-refractivity contribution >= 4 is 5.91 Å². The van der Waals surface area contributed by atoms with Crippen LogP contribution in [0.3, 0.4) is 0 Å². The number of benzene rings is 1. The Kier molecular flexibility index (Phi) is 7.03. The Hall–Kier alpha value is -2.41. The molecule has 0 saturated carbocycles. The lowest BCUT2D eigenvalue weighted by atomic mass is 10.1. The van der Waals surface area contributed by atoms with Crippen LogP contribution in [0.2, 0.25) is 0 Å². The number of aromatic nitrogens is 3. The number of nitrogens with zero attached hydrogens (tertiary/aromatic N) is 4. The number of ether oxygens (including phenoxy) is 1. The number of hydrogen-bond donors (Lipinski definition) is 0. The third-order valence-electron chi connectivity index (χ3n) is 5.26. The molecule has 2 aromatic rings. The summed E-state index contributed by atoms with van der Waals surface area (Å²) in [6, 6.07) is 9.88. The monoisotopic (exact) mass is 386 g/mol. The first kappa shape index (κ1) is 20.3. The molecule has 1 fully saturated rings. The van der Waals surface area contributed by atoms with E-state index in [2.05, 4.69) is 12.0 Å². The van der Waals surface area contributed by atoms with Crippen LogP contribution in [0.5, 0.6) is 0 Å². The molecule has 7 heteroatoms. The van der Waals surface area contributed by atoms with E-state index in [-0.39, 0.29) is 18.1 Å². The van der Waals surface area contributed by atoms with Gasteiger partial charge < -0.3 is 9.64 Å². The van der Waals surface area contributed by atoms with Gasteiger partial charge in [0.25, 0.3) is 0 Å². The van der Waals surface area contributed by atoms with Crippen LogP contribution in [-0.4, -0.2) is 52.0 Å². The van der Waals surface area contributed by atoms with Crippen molar-refractivity contribution in [3.63, 3.8) is 0 Å². The summed E-state index contributed by atoms with van der Waals surface area (Å²) in [5, 5.41) is 4.51. The molecule has 0 radical (unpaired) electrons. The van der Waals surface area contributed by atoms with E-state index >= 15 is 0 Å². The van der Waals surface area contributed by atoms with Gasteiger partial charge in [0.1, 0.15) is 12.4 Å². The van der Waals surface area contributed by atoms with Gasteiger partial charge in [0, 0.05) is 32.5 Å². The number of methoxy groups -OCH3 is 1. The molecule has 28 heavy (non-hydrogen) atoms. The largest absolute Gasteiger partial charge is 0.384 e. The van der Waals surface area contributed by atoms with Crippen LogP contribution in [0.4, 0.5) is 0 Å². The first-order valence-corrected chi connectivity index (χ1v) is 10.1. The molecule has 1 aliphatic rings. The van der Waals surface area contributed by atoms with E-state index < -0.39 is 0 Å². The molecule has 0 N–H and O–H groups in total. The zero-order valence-electron chi connectivity index (χ0n) is 16.8. The molecule has 0 aliphatic carbocycles. The number of likely N-dealkylation sites (tertiary alicyclic amines) is 1. The van der Waals surface area contributed by atoms with E-state index in [1.165, 1.54) is 4.68 Å². The molecule has 1 amide bonds. The molecule has 2 heterocycles. The molecule has 3 rings (SSSR count). The highest BCUT2D eigenvalue weighted by Crippen LogP contribution is 2.16. The van der Waals surface area contributed by atoms with Crippen LogP contribution in [0.1, 0.15) is 37.6 Å². The topological polar surface area (TPSA) is 69.4 Å². The zero-order chi connectivity index (χ0) is 19.9. The van der Waals surface area contributed by atoms with Crippen molar-refractivity contribution in [1.29, 1.82) is 0 Å². The third-order valence-corrected chi connectivity index (χ3v) is 5.26. The molecule has 0 bridgehead atoms. The highest BCUT2D eigenvalue weighted by atomic mass is 16.5. The van der Waals surface area contributed by atoms with Crippen molar-refractivity contribution in [3.05, 3.63) is 52.2 Å². The quantitative estimate of drug-likeness (QED) is 0.660. The van der Waals surface area contributed by atoms with E-state index in [0.717, 1.165) is 43.6 Å². The molecular formula is C21H30N4O3. The predicted molar refractivity (Wildman–Crippen MR) is 107 cm³/mol. The number of carbonyl (C=O) groups excluding carboxylic acids is 1. The minimum absolute atomic E-state index is 0.000545. The molecule has 1 aliphatic heterocycles. The van der Waals surface area contributed by atoms with Crippen molar-refractivity contribution in [3.8, 4) is 0 Å². The van der Waals surface area contributed by atoms with Gasteiger partial charge in [0.2, 0.25) is 5.91 Å². The molecular weight excluding hydrogens is 356 g/mol. The minimum Gasteiger partial charge on any atom is -0.384 e. The molecule has 1 aromatic carbocycles. The molecule has 1 saturated heterocycles. The summed E-state index contributed by atoms with van der Waals surface area (Å²) in [7, 11) is 1.68. The third kappa shape index (κ3) is 4.90. The fraction of sp³-hybridized carbons (Fsp3) is 0.571. The number of aryl methyl sites for hydroxylation is 1. The lowest BCUT2D eigenvalue weighted by Crippen LogP contribution is -2.36. The van der Waals surface area contributed by atoms with Gasteiger partial charge in [-0.05, 0) is 18.4 Å². The predicted octanol–water partition coefficient (Wildman–Crippen LogP) is 1.93. The molecule has 1 aromatic heterocycles. The lowest BCUT2D eigenvalue weighted by molar-refractivity contribution is -0.131. The van der Waals surface area contributed by atoms with E-state index in [0.29, 0.717) is 25.6 Å². The zero-order valence-corrected chi connectivity index (χ0v) is 16.8. The smallest absolute Gasteiger partial charge is 0.346 e. The fourth-order valence-electron chi connectivity index (χ4n) is 3.69. The Morgan fingerprint density at radius 1 is 1.29 bits per heavy atom. The Balaban J connectivity index is 1.75. The summed E-state index contributed by atoms with van der Waals surface area (Å²) in [5.74, 6) is 1.08. The summed E-state index contributed by atoms with van der Waals surface area (Å²) < 4.78 is 8.23. The van der Waals surface area contributed by atoms with Crippen molar-refractivity contribution in [2.45, 2.75) is 45.7 Å². The van der Waals surface area contributed by atoms with E-state index in [4.69, 9.17) is 4.74 Å². The second-order valence-electron chi connectivity index (χ2n) is 7.48. The van der Waals surface area contributed by atoms with Crippen molar-refractivity contribution in [1.82, 2.24) is 19.2 Å². The van der Waals surface area contributed by atoms with E-state index in [1.807, 2.05) is 35.2 Å². The minimum atomic E-state index is -0.212. The van der Waals surface area contributed by atoms with Gasteiger partial charge in [-0.25, -0.2) is 9.48 Å². The molecule has 1 atom stereocenters. The average molecular weight is 386 g/mol. The normalized spacial score (nSPS) is 16.6. The van der Waals surface area contributed by atoms with Gasteiger partial charge in [-0.1, -0.05) is 43.7 Å². The summed E-state index contributed by atoms with van der Waals surface area (Å²) in [4.78, 5) is 27.5. The van der Waals surface area contributed by atoms with E-state index in [9.17, 15) is 9.59 Å².